The van der Waals surface area contributed by atoms with Crippen LogP contribution in [-0.2, 0) is 6.18 Å². The number of hydrogen-bond donors (Lipinski definition) is 4. The Morgan fingerprint density at radius 3 is 2.38 bits per heavy atom. The number of nitrogens with two attached hydrogens (primary N) is 1. The number of piperazine rings is 1. The van der Waals surface area contributed by atoms with Gasteiger partial charge in [-0.2, -0.15) is 13.2 Å². The van der Waals surface area contributed by atoms with Gasteiger partial charge in [-0.3, -0.25) is 9.47 Å². The van der Waals surface area contributed by atoms with E-state index < -0.39 is 24.0 Å². The lowest BCUT2D eigenvalue weighted by molar-refractivity contribution is -0.137. The van der Waals surface area contributed by atoms with Crippen LogP contribution in [0.5, 0.6) is 0 Å². The Morgan fingerprint density at radius 2 is 1.69 bits per heavy atom. The highest BCUT2D eigenvalue weighted by Crippen LogP contribution is 2.34. The summed E-state index contributed by atoms with van der Waals surface area (Å²) in [6, 6.07) is 9.02. The average Bonchev–Trinajstić information content (AvgIpc) is 3.34. The summed E-state index contributed by atoms with van der Waals surface area (Å²) in [6.07, 6.45) is -3.02. The van der Waals surface area contributed by atoms with E-state index in [0.717, 1.165) is 12.1 Å². The highest BCUT2D eigenvalue weighted by atomic mass is 19.4. The lowest BCUT2D eigenvalue weighted by Gasteiger charge is -2.35. The molecule has 1 unspecified atom stereocenters. The highest BCUT2D eigenvalue weighted by molar-refractivity contribution is 6.00. The van der Waals surface area contributed by atoms with E-state index in [1.807, 2.05) is 7.05 Å². The number of aromatic nitrogens is 4. The molecule has 4 aromatic rings. The Hall–Kier alpha value is -4.27. The van der Waals surface area contributed by atoms with Gasteiger partial charge in [-0.05, 0) is 55.1 Å². The van der Waals surface area contributed by atoms with Gasteiger partial charge in [0.1, 0.15) is 18.9 Å². The van der Waals surface area contributed by atoms with E-state index in [4.69, 9.17) is 5.73 Å². The molecule has 5 rings (SSSR count). The molecule has 5 N–H and O–H groups in total. The number of anilines is 3. The van der Waals surface area contributed by atoms with Crippen molar-refractivity contribution in [1.29, 1.82) is 0 Å². The van der Waals surface area contributed by atoms with Crippen LogP contribution in [0.4, 0.5) is 35.2 Å². The van der Waals surface area contributed by atoms with Gasteiger partial charge in [-0.1, -0.05) is 0 Å². The van der Waals surface area contributed by atoms with Crippen LogP contribution >= 0.6 is 0 Å². The predicted octanol–water partition coefficient (Wildman–Crippen LogP) is 3.30. The maximum absolute atomic E-state index is 13.6. The second-order valence-corrected chi connectivity index (χ2v) is 9.23. The number of nitrogen functional groups attached to an aromatic ring is 1. The van der Waals surface area contributed by atoms with Gasteiger partial charge in [0.15, 0.2) is 17.0 Å². The van der Waals surface area contributed by atoms with E-state index in [1.54, 1.807) is 40.1 Å². The number of halogens is 3. The molecule has 1 aliphatic rings. The third kappa shape index (κ3) is 5.77. The molecule has 0 bridgehead atoms. The number of hydrogen-bond acceptors (Lipinski definition) is 8. The Kier molecular flexibility index (Phi) is 7.08. The molecule has 1 atom stereocenters. The Labute approximate surface area is 221 Å². The third-order valence-electron chi connectivity index (χ3n) is 6.49. The van der Waals surface area contributed by atoms with Crippen molar-refractivity contribution in [2.24, 2.45) is 0 Å². The van der Waals surface area contributed by atoms with Gasteiger partial charge >= 0.3 is 12.2 Å². The molecule has 2 amide bonds. The van der Waals surface area contributed by atoms with Crippen LogP contribution in [-0.4, -0.2) is 73.7 Å². The van der Waals surface area contributed by atoms with Crippen LogP contribution < -0.4 is 16.4 Å². The van der Waals surface area contributed by atoms with Gasteiger partial charge < -0.3 is 26.4 Å². The summed E-state index contributed by atoms with van der Waals surface area (Å²) in [7, 11) is 1.94. The van der Waals surface area contributed by atoms with E-state index in [1.165, 1.54) is 12.4 Å². The van der Waals surface area contributed by atoms with Crippen molar-refractivity contribution in [1.82, 2.24) is 29.3 Å². The number of carbonyl (C=O) groups excluding carboxylic acids is 1. The number of imidazole rings is 1. The fourth-order valence-corrected chi connectivity index (χ4v) is 4.35. The van der Waals surface area contributed by atoms with Crippen LogP contribution in [0.3, 0.4) is 0 Å². The largest absolute Gasteiger partial charge is 0.416 e. The molecule has 2 aromatic heterocycles. The number of nitrogens with zero attached hydrogens (tertiary/aromatic N) is 6. The summed E-state index contributed by atoms with van der Waals surface area (Å²) in [5.41, 5.74) is 6.88. The number of rotatable bonds is 5. The van der Waals surface area contributed by atoms with Gasteiger partial charge in [0.25, 0.3) is 0 Å². The van der Waals surface area contributed by atoms with Gasteiger partial charge in [-0.25, -0.2) is 19.7 Å². The number of fused-ring (bicyclic) bond motifs is 1. The second kappa shape index (κ2) is 10.5. The minimum atomic E-state index is -4.66. The van der Waals surface area contributed by atoms with Crippen LogP contribution in [0.25, 0.3) is 16.9 Å². The van der Waals surface area contributed by atoms with E-state index >= 15 is 0 Å². The SMILES string of the molecule is CN1CCN(C(O)c2cc(NC(=O)Nc3ccc(-n4cnc5c(N)ncnc54)cc3)cc(C(F)(F)F)c2)CC1. The molecule has 1 fully saturated rings. The Balaban J connectivity index is 1.31. The quantitative estimate of drug-likeness (QED) is 0.302. The average molecular weight is 542 g/mol. The molecule has 204 valence electrons. The number of benzene rings is 2. The zero-order valence-electron chi connectivity index (χ0n) is 20.9. The third-order valence-corrected chi connectivity index (χ3v) is 6.49. The summed E-state index contributed by atoms with van der Waals surface area (Å²) in [6.45, 7) is 2.37. The van der Waals surface area contributed by atoms with E-state index in [0.29, 0.717) is 48.7 Å². The molecule has 0 aliphatic carbocycles. The van der Waals surface area contributed by atoms with Gasteiger partial charge in [-0.15, -0.1) is 0 Å². The minimum Gasteiger partial charge on any atom is -0.382 e. The van der Waals surface area contributed by atoms with Gasteiger partial charge in [0.05, 0.1) is 5.56 Å². The first kappa shape index (κ1) is 26.3. The van der Waals surface area contributed by atoms with Crippen molar-refractivity contribution in [3.63, 3.8) is 0 Å². The number of urea groups is 1. The van der Waals surface area contributed by atoms with Crippen molar-refractivity contribution < 1.29 is 23.1 Å². The van der Waals surface area contributed by atoms with Crippen LogP contribution in [0, 0.1) is 0 Å². The first-order valence-electron chi connectivity index (χ1n) is 12.0. The molecule has 0 saturated carbocycles. The molecule has 1 saturated heterocycles. The van der Waals surface area contributed by atoms with Gasteiger partial charge in [0, 0.05) is 43.2 Å². The summed E-state index contributed by atoms with van der Waals surface area (Å²) < 4.78 is 42.5. The number of nitrogens with one attached hydrogen (secondary N) is 2. The number of alkyl halides is 3. The summed E-state index contributed by atoms with van der Waals surface area (Å²) in [4.78, 5) is 28.8. The van der Waals surface area contributed by atoms with Crippen molar-refractivity contribution in [3.05, 3.63) is 66.2 Å². The second-order valence-electron chi connectivity index (χ2n) is 9.23. The first-order valence-corrected chi connectivity index (χ1v) is 12.0. The molecule has 2 aromatic carbocycles. The zero-order chi connectivity index (χ0) is 27.7. The maximum atomic E-state index is 13.6. The molecule has 39 heavy (non-hydrogen) atoms. The lowest BCUT2D eigenvalue weighted by atomic mass is 10.1. The van der Waals surface area contributed by atoms with Gasteiger partial charge in [0.2, 0.25) is 0 Å². The molecular formula is C25H26F3N9O2. The smallest absolute Gasteiger partial charge is 0.382 e. The molecule has 14 heteroatoms. The van der Waals surface area contributed by atoms with Crippen molar-refractivity contribution in [2.75, 3.05) is 49.6 Å². The molecular weight excluding hydrogens is 515 g/mol. The van der Waals surface area contributed by atoms with Crippen molar-refractivity contribution >= 4 is 34.4 Å². The zero-order valence-corrected chi connectivity index (χ0v) is 20.9. The van der Waals surface area contributed by atoms with E-state index in [2.05, 4.69) is 30.5 Å². The summed E-state index contributed by atoms with van der Waals surface area (Å²) >= 11 is 0. The van der Waals surface area contributed by atoms with Crippen LogP contribution in [0.15, 0.2) is 55.1 Å². The Morgan fingerprint density at radius 1 is 1.00 bits per heavy atom. The van der Waals surface area contributed by atoms with Crippen LogP contribution in [0.2, 0.25) is 0 Å². The predicted molar refractivity (Wildman–Crippen MR) is 139 cm³/mol. The van der Waals surface area contributed by atoms with Crippen molar-refractivity contribution in [2.45, 2.75) is 12.4 Å². The standard InChI is InChI=1S/C25H26F3N9O2/c1-35-6-8-36(9-7-35)23(38)15-10-16(25(26,27)28)12-18(11-15)34-24(39)33-17-2-4-19(5-3-17)37-14-32-20-21(29)30-13-31-22(20)37/h2-5,10-14,23,38H,6-9H2,1H3,(H2,29,30,31)(H2,33,34,39). The lowest BCUT2D eigenvalue weighted by Crippen LogP contribution is -2.46. The molecule has 11 nitrogen and oxygen atoms in total. The van der Waals surface area contributed by atoms with E-state index in [9.17, 15) is 23.1 Å². The maximum Gasteiger partial charge on any atom is 0.416 e. The molecule has 0 spiro atoms. The molecule has 0 radical (unpaired) electrons. The first-order chi connectivity index (χ1) is 18.6. The fraction of sp³-hybridized carbons (Fsp3) is 0.280. The normalized spacial score (nSPS) is 15.8. The number of amides is 2. The van der Waals surface area contributed by atoms with E-state index in [-0.39, 0.29) is 17.1 Å². The highest BCUT2D eigenvalue weighted by Gasteiger charge is 2.33. The molecule has 1 aliphatic heterocycles. The number of aliphatic hydroxyl groups excluding tert-OH is 1. The number of aliphatic hydroxyl groups is 1. The topological polar surface area (TPSA) is 137 Å². The Bertz CT molecular complexity index is 1480. The number of carbonyl (C=O) groups is 1. The number of likely N-dealkylation sites (N-methyl/N-ethyl adjacent to an activating group) is 1. The summed E-state index contributed by atoms with van der Waals surface area (Å²) in [5.74, 6) is 0.252. The fourth-order valence-electron chi connectivity index (χ4n) is 4.35. The van der Waals surface area contributed by atoms with Crippen molar-refractivity contribution in [3.8, 4) is 5.69 Å². The summed E-state index contributed by atoms with van der Waals surface area (Å²) in [5, 5.41) is 15.8. The van der Waals surface area contributed by atoms with Crippen LogP contribution in [0.1, 0.15) is 17.4 Å². The minimum absolute atomic E-state index is 0.0473. The molecule has 3 heterocycles. The monoisotopic (exact) mass is 541 g/mol.